The van der Waals surface area contributed by atoms with Crippen LogP contribution < -0.4 is 0 Å². The Morgan fingerprint density at radius 2 is 1.02 bits per heavy atom. The predicted molar refractivity (Wildman–Crippen MR) is 214 cm³/mol. The molecule has 0 bridgehead atoms. The molecule has 52 heavy (non-hydrogen) atoms. The van der Waals surface area contributed by atoms with Crippen LogP contribution in [0.1, 0.15) is 6.92 Å². The summed E-state index contributed by atoms with van der Waals surface area (Å²) in [5.74, 6) is 0.999. The summed E-state index contributed by atoms with van der Waals surface area (Å²) < 4.78 is 4.54. The lowest BCUT2D eigenvalue weighted by Gasteiger charge is -2.12. The summed E-state index contributed by atoms with van der Waals surface area (Å²) in [6.07, 6.45) is 2.16. The van der Waals surface area contributed by atoms with E-state index >= 15 is 0 Å². The van der Waals surface area contributed by atoms with Gasteiger partial charge in [-0.15, -0.1) is 0 Å². The number of benzene rings is 6. The smallest absolute Gasteiger partial charge is 0.146 e. The Kier molecular flexibility index (Phi) is 7.03. The topological polar surface area (TPSA) is 48.0 Å². The van der Waals surface area contributed by atoms with Crippen molar-refractivity contribution in [2.24, 2.45) is 0 Å². The van der Waals surface area contributed by atoms with E-state index in [1.54, 1.807) is 0 Å². The molecule has 6 aromatic carbocycles. The van der Waals surface area contributed by atoms with Crippen molar-refractivity contribution < 1.29 is 0 Å². The number of para-hydroxylation sites is 3. The molecule has 0 aliphatic heterocycles. The summed E-state index contributed by atoms with van der Waals surface area (Å²) in [4.78, 5) is 15.6. The van der Waals surface area contributed by atoms with Crippen molar-refractivity contribution in [3.8, 4) is 56.3 Å². The van der Waals surface area contributed by atoms with E-state index in [9.17, 15) is 0 Å². The largest absolute Gasteiger partial charge is 0.324 e. The fourth-order valence-electron chi connectivity index (χ4n) is 7.67. The number of pyridine rings is 2. The van der Waals surface area contributed by atoms with Gasteiger partial charge in [-0.2, -0.15) is 0 Å². The summed E-state index contributed by atoms with van der Waals surface area (Å²) in [7, 11) is 0. The van der Waals surface area contributed by atoms with E-state index in [1.807, 2.05) is 12.1 Å². The first-order valence-electron chi connectivity index (χ1n) is 17.8. The quantitative estimate of drug-likeness (QED) is 0.166. The highest BCUT2D eigenvalue weighted by Crippen LogP contribution is 2.40. The van der Waals surface area contributed by atoms with E-state index < -0.39 is 0 Å². The Hall–Kier alpha value is -6.85. The SMILES string of the molecule is CCn1c(-c2ccc(-c3ccc(-c4c(-c5ccccc5)nc5c6c(ccn45)c(-c4ccccc4)nc4ccccc46)cc3)cc2)nc2ccccc21. The van der Waals surface area contributed by atoms with Gasteiger partial charge in [0, 0.05) is 51.2 Å². The number of rotatable bonds is 6. The maximum absolute atomic E-state index is 5.45. The van der Waals surface area contributed by atoms with Gasteiger partial charge in [0.2, 0.25) is 0 Å². The molecule has 10 rings (SSSR count). The first kappa shape index (κ1) is 30.0. The minimum atomic E-state index is 0.865. The lowest BCUT2D eigenvalue weighted by molar-refractivity contribution is 0.796. The van der Waals surface area contributed by atoms with Crippen LogP contribution in [0.5, 0.6) is 0 Å². The van der Waals surface area contributed by atoms with Crippen LogP contribution in [-0.4, -0.2) is 23.9 Å². The molecule has 0 aliphatic rings. The molecule has 5 nitrogen and oxygen atoms in total. The highest BCUT2D eigenvalue weighted by atomic mass is 15.1. The van der Waals surface area contributed by atoms with E-state index in [4.69, 9.17) is 15.0 Å². The number of hydrogen-bond donors (Lipinski definition) is 0. The van der Waals surface area contributed by atoms with Gasteiger partial charge in [-0.1, -0.05) is 140 Å². The van der Waals surface area contributed by atoms with Crippen molar-refractivity contribution in [3.05, 3.63) is 170 Å². The Labute approximate surface area is 301 Å². The number of aromatic nitrogens is 5. The van der Waals surface area contributed by atoms with Crippen molar-refractivity contribution in [2.75, 3.05) is 0 Å². The fourth-order valence-corrected chi connectivity index (χ4v) is 7.67. The standard InChI is InChI=1S/C47H33N5/c1-2-51-41-20-12-11-19-40(41)49-46(51)36-27-23-32(24-28-36)31-21-25-35(26-22-31)45-44(34-15-7-4-8-16-34)50-47-42-37-17-9-10-18-39(37)48-43(33-13-5-3-6-14-33)38(42)29-30-52(45)47/h3-30H,2H2,1H3. The van der Waals surface area contributed by atoms with Crippen molar-refractivity contribution in [1.82, 2.24) is 23.9 Å². The first-order chi connectivity index (χ1) is 25.7. The summed E-state index contributed by atoms with van der Waals surface area (Å²) >= 11 is 0. The molecule has 0 N–H and O–H groups in total. The number of fused-ring (bicyclic) bond motifs is 6. The van der Waals surface area contributed by atoms with Crippen LogP contribution in [-0.2, 0) is 6.54 Å². The van der Waals surface area contributed by atoms with Gasteiger partial charge in [0.1, 0.15) is 11.5 Å². The molecule has 0 radical (unpaired) electrons. The second-order valence-corrected chi connectivity index (χ2v) is 13.1. The fraction of sp³-hybridized carbons (Fsp3) is 0.0426. The van der Waals surface area contributed by atoms with Gasteiger partial charge in [0.15, 0.2) is 0 Å². The highest BCUT2D eigenvalue weighted by molar-refractivity contribution is 6.17. The Morgan fingerprint density at radius 1 is 0.442 bits per heavy atom. The van der Waals surface area contributed by atoms with Crippen LogP contribution in [0.25, 0.3) is 94.6 Å². The van der Waals surface area contributed by atoms with Crippen LogP contribution in [0.15, 0.2) is 170 Å². The third-order valence-corrected chi connectivity index (χ3v) is 10.2. The second-order valence-electron chi connectivity index (χ2n) is 13.1. The zero-order valence-electron chi connectivity index (χ0n) is 28.6. The molecule has 0 aliphatic carbocycles. The number of aryl methyl sites for hydroxylation is 1. The molecule has 0 spiro atoms. The summed E-state index contributed by atoms with van der Waals surface area (Å²) in [6, 6.07) is 57.5. The maximum Gasteiger partial charge on any atom is 0.146 e. The van der Waals surface area contributed by atoms with Gasteiger partial charge in [0.05, 0.1) is 33.6 Å². The molecule has 0 saturated heterocycles. The number of hydrogen-bond acceptors (Lipinski definition) is 3. The van der Waals surface area contributed by atoms with Crippen LogP contribution >= 0.6 is 0 Å². The third-order valence-electron chi connectivity index (χ3n) is 10.2. The van der Waals surface area contributed by atoms with E-state index in [2.05, 4.69) is 174 Å². The molecule has 5 heteroatoms. The normalized spacial score (nSPS) is 11.6. The zero-order valence-corrected chi connectivity index (χ0v) is 28.6. The minimum Gasteiger partial charge on any atom is -0.324 e. The van der Waals surface area contributed by atoms with Gasteiger partial charge in [0.25, 0.3) is 0 Å². The lowest BCUT2D eigenvalue weighted by Crippen LogP contribution is -1.97. The average molecular weight is 668 g/mol. The van der Waals surface area contributed by atoms with Crippen molar-refractivity contribution in [3.63, 3.8) is 0 Å². The Morgan fingerprint density at radius 3 is 1.71 bits per heavy atom. The molecule has 0 fully saturated rings. The molecule has 0 saturated carbocycles. The predicted octanol–water partition coefficient (Wildman–Crippen LogP) is 11.7. The molecule has 4 aromatic heterocycles. The van der Waals surface area contributed by atoms with Gasteiger partial charge in [-0.3, -0.25) is 4.40 Å². The van der Waals surface area contributed by atoms with Crippen LogP contribution in [0.3, 0.4) is 0 Å². The molecule has 0 unspecified atom stereocenters. The van der Waals surface area contributed by atoms with Crippen molar-refractivity contribution in [1.29, 1.82) is 0 Å². The third kappa shape index (κ3) is 4.82. The van der Waals surface area contributed by atoms with Crippen molar-refractivity contribution in [2.45, 2.75) is 13.5 Å². The van der Waals surface area contributed by atoms with Gasteiger partial charge >= 0.3 is 0 Å². The maximum atomic E-state index is 5.45. The Balaban J connectivity index is 1.11. The van der Waals surface area contributed by atoms with E-state index in [0.29, 0.717) is 0 Å². The molecule has 4 heterocycles. The van der Waals surface area contributed by atoms with E-state index in [0.717, 1.165) is 101 Å². The van der Waals surface area contributed by atoms with E-state index in [1.165, 1.54) is 0 Å². The van der Waals surface area contributed by atoms with Crippen LogP contribution in [0.2, 0.25) is 0 Å². The Bertz CT molecular complexity index is 2900. The number of imidazole rings is 2. The number of nitrogens with zero attached hydrogens (tertiary/aromatic N) is 5. The zero-order chi connectivity index (χ0) is 34.6. The summed E-state index contributed by atoms with van der Waals surface area (Å²) in [5, 5.41) is 3.28. The molecular formula is C47H33N5. The average Bonchev–Trinajstić information content (AvgIpc) is 3.80. The molecule has 0 amide bonds. The summed E-state index contributed by atoms with van der Waals surface area (Å²) in [6.45, 7) is 3.04. The molecule has 10 aromatic rings. The van der Waals surface area contributed by atoms with Gasteiger partial charge in [-0.25, -0.2) is 15.0 Å². The monoisotopic (exact) mass is 667 g/mol. The molecular weight excluding hydrogens is 635 g/mol. The van der Waals surface area contributed by atoms with Crippen LogP contribution in [0, 0.1) is 0 Å². The van der Waals surface area contributed by atoms with Crippen molar-refractivity contribution >= 4 is 38.4 Å². The molecule has 0 atom stereocenters. The second kappa shape index (κ2) is 12.2. The van der Waals surface area contributed by atoms with Gasteiger partial charge in [-0.05, 0) is 42.3 Å². The van der Waals surface area contributed by atoms with Gasteiger partial charge < -0.3 is 4.57 Å². The summed E-state index contributed by atoms with van der Waals surface area (Å²) in [5.41, 5.74) is 13.7. The van der Waals surface area contributed by atoms with Crippen LogP contribution in [0.4, 0.5) is 0 Å². The highest BCUT2D eigenvalue weighted by Gasteiger charge is 2.21. The minimum absolute atomic E-state index is 0.865. The van der Waals surface area contributed by atoms with E-state index in [-0.39, 0.29) is 0 Å². The lowest BCUT2D eigenvalue weighted by atomic mass is 9.99. The molecule has 246 valence electrons. The first-order valence-corrected chi connectivity index (χ1v) is 17.8.